The predicted octanol–water partition coefficient (Wildman–Crippen LogP) is 5.70. The molecule has 0 atom stereocenters. The Morgan fingerprint density at radius 1 is 0.903 bits per heavy atom. The van der Waals surface area contributed by atoms with Crippen LogP contribution in [0.15, 0.2) is 72.8 Å². The SMILES string of the molecule is CCCCNC(=O)c1ccccc1NC(=O)c1ccc(OCc2ccccc2Cl)cc1. The van der Waals surface area contributed by atoms with Gasteiger partial charge in [-0.3, -0.25) is 9.59 Å². The average Bonchev–Trinajstić information content (AvgIpc) is 2.79. The summed E-state index contributed by atoms with van der Waals surface area (Å²) in [6.45, 7) is 3.01. The molecule has 0 heterocycles. The van der Waals surface area contributed by atoms with Crippen molar-refractivity contribution in [1.82, 2.24) is 5.32 Å². The largest absolute Gasteiger partial charge is 0.489 e. The van der Waals surface area contributed by atoms with Gasteiger partial charge in [0.25, 0.3) is 11.8 Å². The normalized spacial score (nSPS) is 10.4. The summed E-state index contributed by atoms with van der Waals surface area (Å²) in [6, 6.07) is 21.3. The average molecular weight is 437 g/mol. The van der Waals surface area contributed by atoms with Gasteiger partial charge in [-0.2, -0.15) is 0 Å². The van der Waals surface area contributed by atoms with E-state index < -0.39 is 0 Å². The number of halogens is 1. The van der Waals surface area contributed by atoms with Crippen molar-refractivity contribution in [3.8, 4) is 5.75 Å². The molecule has 0 unspecified atom stereocenters. The molecule has 3 rings (SSSR count). The van der Waals surface area contributed by atoms with E-state index in [0.29, 0.717) is 40.7 Å². The van der Waals surface area contributed by atoms with Gasteiger partial charge in [0.2, 0.25) is 0 Å². The highest BCUT2D eigenvalue weighted by Gasteiger charge is 2.14. The zero-order chi connectivity index (χ0) is 22.1. The van der Waals surface area contributed by atoms with E-state index in [1.165, 1.54) is 0 Å². The van der Waals surface area contributed by atoms with Crippen LogP contribution in [0.5, 0.6) is 5.75 Å². The zero-order valence-electron chi connectivity index (χ0n) is 17.4. The van der Waals surface area contributed by atoms with Crippen molar-refractivity contribution in [3.63, 3.8) is 0 Å². The molecule has 160 valence electrons. The number of carbonyl (C=O) groups excluding carboxylic acids is 2. The molecule has 2 N–H and O–H groups in total. The molecule has 6 heteroatoms. The minimum absolute atomic E-state index is 0.201. The molecule has 0 aromatic heterocycles. The monoisotopic (exact) mass is 436 g/mol. The van der Waals surface area contributed by atoms with Crippen LogP contribution in [0.4, 0.5) is 5.69 Å². The Balaban J connectivity index is 1.62. The van der Waals surface area contributed by atoms with Crippen molar-refractivity contribution in [1.29, 1.82) is 0 Å². The van der Waals surface area contributed by atoms with Crippen LogP contribution >= 0.6 is 11.6 Å². The lowest BCUT2D eigenvalue weighted by Crippen LogP contribution is -2.26. The fourth-order valence-corrected chi connectivity index (χ4v) is 3.13. The number of unbranched alkanes of at least 4 members (excludes halogenated alkanes) is 1. The smallest absolute Gasteiger partial charge is 0.255 e. The Bertz CT molecular complexity index is 1030. The third-order valence-electron chi connectivity index (χ3n) is 4.70. The van der Waals surface area contributed by atoms with Crippen molar-refractivity contribution in [2.24, 2.45) is 0 Å². The van der Waals surface area contributed by atoms with Gasteiger partial charge in [-0.25, -0.2) is 0 Å². The molecule has 0 fully saturated rings. The summed E-state index contributed by atoms with van der Waals surface area (Å²) in [5.74, 6) is 0.131. The van der Waals surface area contributed by atoms with E-state index in [9.17, 15) is 9.59 Å². The van der Waals surface area contributed by atoms with Gasteiger partial charge in [0, 0.05) is 22.7 Å². The van der Waals surface area contributed by atoms with Gasteiger partial charge >= 0.3 is 0 Å². The van der Waals surface area contributed by atoms with Crippen LogP contribution in [-0.4, -0.2) is 18.4 Å². The molecular weight excluding hydrogens is 412 g/mol. The van der Waals surface area contributed by atoms with Crippen LogP contribution in [0.25, 0.3) is 0 Å². The fourth-order valence-electron chi connectivity index (χ4n) is 2.94. The maximum atomic E-state index is 12.7. The maximum Gasteiger partial charge on any atom is 0.255 e. The molecule has 2 amide bonds. The first-order valence-corrected chi connectivity index (χ1v) is 10.6. The molecule has 0 bridgehead atoms. The molecule has 31 heavy (non-hydrogen) atoms. The van der Waals surface area contributed by atoms with Gasteiger partial charge in [0.05, 0.1) is 11.3 Å². The lowest BCUT2D eigenvalue weighted by Gasteiger charge is -2.12. The van der Waals surface area contributed by atoms with E-state index in [2.05, 4.69) is 17.6 Å². The molecule has 0 saturated carbocycles. The molecule has 0 saturated heterocycles. The Labute approximate surface area is 187 Å². The summed E-state index contributed by atoms with van der Waals surface area (Å²) in [7, 11) is 0. The van der Waals surface area contributed by atoms with Gasteiger partial charge in [-0.1, -0.05) is 55.3 Å². The fraction of sp³-hybridized carbons (Fsp3) is 0.200. The number of rotatable bonds is 9. The Morgan fingerprint density at radius 2 is 1.61 bits per heavy atom. The number of benzene rings is 3. The molecule has 0 spiro atoms. The Kier molecular flexibility index (Phi) is 8.07. The van der Waals surface area contributed by atoms with Crippen molar-refractivity contribution >= 4 is 29.1 Å². The first-order chi connectivity index (χ1) is 15.1. The van der Waals surface area contributed by atoms with Gasteiger partial charge in [-0.15, -0.1) is 0 Å². The summed E-state index contributed by atoms with van der Waals surface area (Å²) >= 11 is 6.14. The first kappa shape index (κ1) is 22.4. The van der Waals surface area contributed by atoms with Gasteiger partial charge in [0.1, 0.15) is 12.4 Å². The van der Waals surface area contributed by atoms with Crippen molar-refractivity contribution in [2.45, 2.75) is 26.4 Å². The van der Waals surface area contributed by atoms with E-state index in [1.807, 2.05) is 24.3 Å². The quantitative estimate of drug-likeness (QED) is 0.423. The number of amides is 2. The molecule has 5 nitrogen and oxygen atoms in total. The first-order valence-electron chi connectivity index (χ1n) is 10.2. The summed E-state index contributed by atoms with van der Waals surface area (Å²) in [6.07, 6.45) is 1.90. The van der Waals surface area contributed by atoms with Crippen molar-refractivity contribution in [2.75, 3.05) is 11.9 Å². The van der Waals surface area contributed by atoms with Crippen LogP contribution in [0.3, 0.4) is 0 Å². The highest BCUT2D eigenvalue weighted by atomic mass is 35.5. The standard InChI is InChI=1S/C25H25ClN2O3/c1-2-3-16-27-25(30)21-9-5-7-11-23(21)28-24(29)18-12-14-20(15-13-18)31-17-19-8-4-6-10-22(19)26/h4-15H,2-3,16-17H2,1H3,(H,27,30)(H,28,29). The Hall–Kier alpha value is -3.31. The van der Waals surface area contributed by atoms with Gasteiger partial charge in [0.15, 0.2) is 0 Å². The molecule has 0 aliphatic heterocycles. The summed E-state index contributed by atoms with van der Waals surface area (Å²) in [5.41, 5.74) is 2.26. The second-order valence-corrected chi connectivity index (χ2v) is 7.42. The number of hydrogen-bond acceptors (Lipinski definition) is 3. The number of hydrogen-bond donors (Lipinski definition) is 2. The summed E-state index contributed by atoms with van der Waals surface area (Å²) in [5, 5.41) is 6.35. The van der Waals surface area contributed by atoms with Gasteiger partial charge in [-0.05, 0) is 48.9 Å². The topological polar surface area (TPSA) is 67.4 Å². The second kappa shape index (κ2) is 11.2. The van der Waals surface area contributed by atoms with E-state index in [1.54, 1.807) is 48.5 Å². The minimum Gasteiger partial charge on any atom is -0.489 e. The predicted molar refractivity (Wildman–Crippen MR) is 124 cm³/mol. The summed E-state index contributed by atoms with van der Waals surface area (Å²) < 4.78 is 5.75. The highest BCUT2D eigenvalue weighted by molar-refractivity contribution is 6.31. The Morgan fingerprint density at radius 3 is 2.35 bits per heavy atom. The second-order valence-electron chi connectivity index (χ2n) is 7.01. The van der Waals surface area contributed by atoms with Gasteiger partial charge < -0.3 is 15.4 Å². The van der Waals surface area contributed by atoms with Crippen molar-refractivity contribution < 1.29 is 14.3 Å². The number of anilines is 1. The van der Waals surface area contributed by atoms with Crippen LogP contribution in [-0.2, 0) is 6.61 Å². The van der Waals surface area contributed by atoms with Crippen LogP contribution in [0.2, 0.25) is 5.02 Å². The summed E-state index contributed by atoms with van der Waals surface area (Å²) in [4.78, 5) is 25.1. The van der Waals surface area contributed by atoms with Crippen LogP contribution in [0.1, 0.15) is 46.0 Å². The number of carbonyl (C=O) groups is 2. The molecular formula is C25H25ClN2O3. The number of ether oxygens (including phenoxy) is 1. The molecule has 0 aliphatic carbocycles. The molecule has 0 aliphatic rings. The van der Waals surface area contributed by atoms with Crippen LogP contribution in [0, 0.1) is 0 Å². The van der Waals surface area contributed by atoms with Crippen LogP contribution < -0.4 is 15.4 Å². The molecule has 3 aromatic carbocycles. The maximum absolute atomic E-state index is 12.7. The van der Waals surface area contributed by atoms with Crippen molar-refractivity contribution in [3.05, 3.63) is 94.5 Å². The third-order valence-corrected chi connectivity index (χ3v) is 5.07. The van der Waals surface area contributed by atoms with E-state index in [-0.39, 0.29) is 11.8 Å². The third kappa shape index (κ3) is 6.33. The molecule has 0 radical (unpaired) electrons. The van der Waals surface area contributed by atoms with E-state index >= 15 is 0 Å². The lowest BCUT2D eigenvalue weighted by atomic mass is 10.1. The zero-order valence-corrected chi connectivity index (χ0v) is 18.1. The number of nitrogens with one attached hydrogen (secondary N) is 2. The molecule has 3 aromatic rings. The van der Waals surface area contributed by atoms with E-state index in [4.69, 9.17) is 16.3 Å². The lowest BCUT2D eigenvalue weighted by molar-refractivity contribution is 0.0954. The highest BCUT2D eigenvalue weighted by Crippen LogP contribution is 2.20. The minimum atomic E-state index is -0.300. The number of para-hydroxylation sites is 1. The van der Waals surface area contributed by atoms with E-state index in [0.717, 1.165) is 18.4 Å².